The lowest BCUT2D eigenvalue weighted by atomic mass is 10.1. The first-order chi connectivity index (χ1) is 8.63. The molecule has 0 bridgehead atoms. The number of quaternary nitrogens is 1. The molecule has 0 atom stereocenters. The van der Waals surface area contributed by atoms with E-state index in [0.717, 1.165) is 42.3 Å². The summed E-state index contributed by atoms with van der Waals surface area (Å²) in [6.45, 7) is 9.99. The summed E-state index contributed by atoms with van der Waals surface area (Å²) in [4.78, 5) is 0. The molecular weight excluding hydrogens is 246 g/mol. The summed E-state index contributed by atoms with van der Waals surface area (Å²) < 4.78 is 5.80. The van der Waals surface area contributed by atoms with E-state index in [-0.39, 0.29) is 0 Å². The van der Waals surface area contributed by atoms with Gasteiger partial charge in [-0.25, -0.2) is 0 Å². The van der Waals surface area contributed by atoms with Crippen molar-refractivity contribution in [1.29, 1.82) is 0 Å². The van der Waals surface area contributed by atoms with E-state index in [0.29, 0.717) is 6.04 Å². The predicted molar refractivity (Wildman–Crippen MR) is 77.4 cm³/mol. The molecule has 1 rings (SSSR count). The molecule has 0 spiro atoms. The highest BCUT2D eigenvalue weighted by Gasteiger charge is 2.04. The molecule has 0 aliphatic rings. The maximum atomic E-state index is 5.98. The van der Waals surface area contributed by atoms with Crippen LogP contribution in [0.25, 0.3) is 0 Å². The largest absolute Gasteiger partial charge is 0.493 e. The monoisotopic (exact) mass is 268 g/mol. The molecule has 0 fully saturated rings. The van der Waals surface area contributed by atoms with Gasteiger partial charge in [0.05, 0.1) is 19.2 Å². The van der Waals surface area contributed by atoms with E-state index in [2.05, 4.69) is 25.7 Å². The van der Waals surface area contributed by atoms with Crippen LogP contribution in [0.15, 0.2) is 30.9 Å². The second-order valence-electron chi connectivity index (χ2n) is 4.72. The number of allylic oxidation sites excluding steroid dienone is 1. The molecule has 100 valence electrons. The standard InChI is InChI=1S/C15H22ClNO/c1-4-6-13-11-14(16)7-8-15(13)18-10-5-9-17-12(2)3/h4,7-8,11-12,17H,1,5-6,9-10H2,2-3H3/p+1. The molecule has 0 unspecified atom stereocenters. The molecule has 18 heavy (non-hydrogen) atoms. The average molecular weight is 269 g/mol. The zero-order valence-electron chi connectivity index (χ0n) is 11.3. The van der Waals surface area contributed by atoms with E-state index in [1.807, 2.05) is 24.3 Å². The molecule has 0 saturated heterocycles. The minimum Gasteiger partial charge on any atom is -0.493 e. The molecule has 0 aromatic heterocycles. The number of benzene rings is 1. The smallest absolute Gasteiger partial charge is 0.122 e. The lowest BCUT2D eigenvalue weighted by Gasteiger charge is -2.11. The lowest BCUT2D eigenvalue weighted by Crippen LogP contribution is -2.88. The number of hydrogen-bond donors (Lipinski definition) is 1. The highest BCUT2D eigenvalue weighted by molar-refractivity contribution is 6.30. The fourth-order valence-corrected chi connectivity index (χ4v) is 1.92. The van der Waals surface area contributed by atoms with Crippen molar-refractivity contribution in [1.82, 2.24) is 0 Å². The third kappa shape index (κ3) is 5.56. The normalized spacial score (nSPS) is 10.7. The van der Waals surface area contributed by atoms with Gasteiger partial charge in [0, 0.05) is 11.4 Å². The zero-order chi connectivity index (χ0) is 13.4. The van der Waals surface area contributed by atoms with Crippen molar-refractivity contribution in [2.45, 2.75) is 32.7 Å². The Hall–Kier alpha value is -0.990. The van der Waals surface area contributed by atoms with Gasteiger partial charge < -0.3 is 10.1 Å². The first-order valence-electron chi connectivity index (χ1n) is 6.49. The molecule has 0 aliphatic carbocycles. The molecule has 3 heteroatoms. The topological polar surface area (TPSA) is 25.8 Å². The van der Waals surface area contributed by atoms with Crippen molar-refractivity contribution in [3.8, 4) is 5.75 Å². The summed E-state index contributed by atoms with van der Waals surface area (Å²) in [6, 6.07) is 6.40. The van der Waals surface area contributed by atoms with Crippen LogP contribution in [0.3, 0.4) is 0 Å². The Morgan fingerprint density at radius 1 is 1.44 bits per heavy atom. The van der Waals surface area contributed by atoms with Gasteiger partial charge in [-0.15, -0.1) is 6.58 Å². The van der Waals surface area contributed by atoms with E-state index < -0.39 is 0 Å². The summed E-state index contributed by atoms with van der Waals surface area (Å²) in [7, 11) is 0. The third-order valence-electron chi connectivity index (χ3n) is 2.63. The summed E-state index contributed by atoms with van der Waals surface area (Å²) in [6.07, 6.45) is 3.70. The SMILES string of the molecule is C=CCc1cc(Cl)ccc1OCCC[NH2+]C(C)C. The highest BCUT2D eigenvalue weighted by atomic mass is 35.5. The average Bonchev–Trinajstić information content (AvgIpc) is 2.31. The van der Waals surface area contributed by atoms with Gasteiger partial charge in [-0.2, -0.15) is 0 Å². The first-order valence-corrected chi connectivity index (χ1v) is 6.86. The number of halogens is 1. The molecule has 2 nitrogen and oxygen atoms in total. The van der Waals surface area contributed by atoms with Gasteiger partial charge in [0.2, 0.25) is 0 Å². The van der Waals surface area contributed by atoms with E-state index in [1.165, 1.54) is 0 Å². The molecule has 1 aromatic rings. The van der Waals surface area contributed by atoms with Gasteiger partial charge >= 0.3 is 0 Å². The summed E-state index contributed by atoms with van der Waals surface area (Å²) in [5.41, 5.74) is 1.10. The maximum absolute atomic E-state index is 5.98. The highest BCUT2D eigenvalue weighted by Crippen LogP contribution is 2.23. The Kier molecular flexibility index (Phi) is 6.84. The van der Waals surface area contributed by atoms with Crippen LogP contribution in [0.1, 0.15) is 25.8 Å². The second kappa shape index (κ2) is 8.17. The van der Waals surface area contributed by atoms with Crippen molar-refractivity contribution >= 4 is 11.6 Å². The second-order valence-corrected chi connectivity index (χ2v) is 5.15. The van der Waals surface area contributed by atoms with Crippen LogP contribution >= 0.6 is 11.6 Å². The van der Waals surface area contributed by atoms with Crippen LogP contribution in [0.4, 0.5) is 0 Å². The van der Waals surface area contributed by atoms with Gasteiger partial charge in [0.25, 0.3) is 0 Å². The van der Waals surface area contributed by atoms with Crippen LogP contribution in [-0.2, 0) is 6.42 Å². The van der Waals surface area contributed by atoms with Gasteiger partial charge in [0.1, 0.15) is 5.75 Å². The number of hydrogen-bond acceptors (Lipinski definition) is 1. The van der Waals surface area contributed by atoms with Gasteiger partial charge in [-0.1, -0.05) is 17.7 Å². The Bertz CT molecular complexity index is 377. The molecule has 0 saturated carbocycles. The van der Waals surface area contributed by atoms with E-state index in [4.69, 9.17) is 16.3 Å². The Balaban J connectivity index is 2.43. The Morgan fingerprint density at radius 3 is 2.89 bits per heavy atom. The van der Waals surface area contributed by atoms with Crippen molar-refractivity contribution in [2.75, 3.05) is 13.2 Å². The molecule has 1 aromatic carbocycles. The minimum absolute atomic E-state index is 0.650. The summed E-state index contributed by atoms with van der Waals surface area (Å²) in [5.74, 6) is 0.920. The number of nitrogens with two attached hydrogens (primary N) is 1. The minimum atomic E-state index is 0.650. The van der Waals surface area contributed by atoms with Crippen LogP contribution < -0.4 is 10.1 Å². The maximum Gasteiger partial charge on any atom is 0.122 e. The Morgan fingerprint density at radius 2 is 2.22 bits per heavy atom. The van der Waals surface area contributed by atoms with Crippen LogP contribution in [0.2, 0.25) is 5.02 Å². The molecule has 0 radical (unpaired) electrons. The van der Waals surface area contributed by atoms with Crippen LogP contribution in [-0.4, -0.2) is 19.2 Å². The molecule has 2 N–H and O–H groups in total. The fraction of sp³-hybridized carbons (Fsp3) is 0.467. The fourth-order valence-electron chi connectivity index (χ4n) is 1.72. The molecular formula is C15H23ClNO+. The quantitative estimate of drug-likeness (QED) is 0.569. The summed E-state index contributed by atoms with van der Waals surface area (Å²) >= 11 is 5.98. The van der Waals surface area contributed by atoms with Crippen molar-refractivity contribution < 1.29 is 10.1 Å². The van der Waals surface area contributed by atoms with Gasteiger partial charge in [-0.3, -0.25) is 0 Å². The predicted octanol–water partition coefficient (Wildman–Crippen LogP) is 2.81. The zero-order valence-corrected chi connectivity index (χ0v) is 12.0. The van der Waals surface area contributed by atoms with Crippen LogP contribution in [0.5, 0.6) is 5.75 Å². The molecule has 0 aliphatic heterocycles. The molecule has 0 amide bonds. The number of ether oxygens (including phenoxy) is 1. The Labute approximate surface area is 115 Å². The van der Waals surface area contributed by atoms with Crippen molar-refractivity contribution in [2.24, 2.45) is 0 Å². The van der Waals surface area contributed by atoms with Crippen molar-refractivity contribution in [3.05, 3.63) is 41.4 Å². The first kappa shape index (κ1) is 15.1. The van der Waals surface area contributed by atoms with E-state index >= 15 is 0 Å². The lowest BCUT2D eigenvalue weighted by molar-refractivity contribution is -0.683. The summed E-state index contributed by atoms with van der Waals surface area (Å²) in [5, 5.41) is 3.06. The van der Waals surface area contributed by atoms with Crippen LogP contribution in [0, 0.1) is 0 Å². The van der Waals surface area contributed by atoms with E-state index in [9.17, 15) is 0 Å². The van der Waals surface area contributed by atoms with Crippen molar-refractivity contribution in [3.63, 3.8) is 0 Å². The van der Waals surface area contributed by atoms with E-state index in [1.54, 1.807) is 0 Å². The number of rotatable bonds is 8. The molecule has 0 heterocycles. The van der Waals surface area contributed by atoms with Gasteiger partial charge in [0.15, 0.2) is 0 Å². The third-order valence-corrected chi connectivity index (χ3v) is 2.87. The van der Waals surface area contributed by atoms with Gasteiger partial charge in [-0.05, 0) is 44.0 Å².